The maximum absolute atomic E-state index is 9.61. The lowest BCUT2D eigenvalue weighted by atomic mass is 10.0. The van der Waals surface area contributed by atoms with Gasteiger partial charge in [-0.25, -0.2) is 0 Å². The van der Waals surface area contributed by atoms with Crippen LogP contribution >= 0.6 is 31.9 Å². The molecular weight excluding hydrogens is 346 g/mol. The Hall–Kier alpha value is -0.0600. The van der Waals surface area contributed by atoms with Crippen molar-refractivity contribution in [3.63, 3.8) is 0 Å². The molecule has 0 amide bonds. The van der Waals surface area contributed by atoms with Gasteiger partial charge in [-0.3, -0.25) is 0 Å². The van der Waals surface area contributed by atoms with E-state index < -0.39 is 0 Å². The lowest BCUT2D eigenvalue weighted by Crippen LogP contribution is -2.21. The third kappa shape index (κ3) is 4.60. The van der Waals surface area contributed by atoms with Crippen LogP contribution in [-0.4, -0.2) is 11.7 Å². The molecule has 0 aromatic heterocycles. The first-order valence-corrected chi connectivity index (χ1v) is 7.54. The lowest BCUT2D eigenvalue weighted by Gasteiger charge is -2.13. The Balaban J connectivity index is 2.52. The SMILES string of the molecule is CCC(CC)CNCc1cc(Br)c(O)c(Br)c1. The van der Waals surface area contributed by atoms with Crippen molar-refractivity contribution in [3.8, 4) is 5.75 Å². The highest BCUT2D eigenvalue weighted by Crippen LogP contribution is 2.33. The van der Waals surface area contributed by atoms with Gasteiger partial charge in [-0.2, -0.15) is 0 Å². The zero-order valence-electron chi connectivity index (χ0n) is 10.3. The fourth-order valence-corrected chi connectivity index (χ4v) is 3.00. The predicted molar refractivity (Wildman–Crippen MR) is 79.3 cm³/mol. The van der Waals surface area contributed by atoms with E-state index in [9.17, 15) is 5.11 Å². The van der Waals surface area contributed by atoms with Crippen molar-refractivity contribution >= 4 is 31.9 Å². The molecule has 0 atom stereocenters. The van der Waals surface area contributed by atoms with Gasteiger partial charge in [0.2, 0.25) is 0 Å². The first-order chi connectivity index (χ1) is 8.08. The molecule has 0 aliphatic carbocycles. The first-order valence-electron chi connectivity index (χ1n) is 5.96. The smallest absolute Gasteiger partial charge is 0.143 e. The molecule has 0 unspecified atom stereocenters. The molecule has 2 N–H and O–H groups in total. The number of phenolic OH excluding ortho intramolecular Hbond substituents is 1. The quantitative estimate of drug-likeness (QED) is 0.781. The van der Waals surface area contributed by atoms with Crippen molar-refractivity contribution in [2.45, 2.75) is 33.2 Å². The summed E-state index contributed by atoms with van der Waals surface area (Å²) in [6.07, 6.45) is 2.43. The second kappa shape index (κ2) is 7.39. The van der Waals surface area contributed by atoms with Crippen LogP contribution in [0.1, 0.15) is 32.3 Å². The molecule has 0 spiro atoms. The third-order valence-electron chi connectivity index (χ3n) is 2.99. The second-order valence-corrected chi connectivity index (χ2v) is 5.93. The van der Waals surface area contributed by atoms with Gasteiger partial charge in [-0.1, -0.05) is 26.7 Å². The van der Waals surface area contributed by atoms with Crippen LogP contribution in [0.15, 0.2) is 21.1 Å². The Labute approximate surface area is 120 Å². The normalized spacial score (nSPS) is 11.1. The molecule has 0 saturated carbocycles. The number of benzene rings is 1. The van der Waals surface area contributed by atoms with E-state index in [2.05, 4.69) is 51.0 Å². The Morgan fingerprint density at radius 3 is 2.18 bits per heavy atom. The van der Waals surface area contributed by atoms with Gasteiger partial charge in [0, 0.05) is 6.54 Å². The van der Waals surface area contributed by atoms with Crippen LogP contribution in [0.4, 0.5) is 0 Å². The van der Waals surface area contributed by atoms with Crippen LogP contribution in [0.2, 0.25) is 0 Å². The summed E-state index contributed by atoms with van der Waals surface area (Å²) in [6, 6.07) is 3.89. The molecule has 0 bridgehead atoms. The second-order valence-electron chi connectivity index (χ2n) is 4.22. The van der Waals surface area contributed by atoms with Gasteiger partial charge in [0.1, 0.15) is 5.75 Å². The van der Waals surface area contributed by atoms with E-state index in [-0.39, 0.29) is 5.75 Å². The molecular formula is C13H19Br2NO. The van der Waals surface area contributed by atoms with E-state index in [1.54, 1.807) is 0 Å². The molecule has 0 saturated heterocycles. The largest absolute Gasteiger partial charge is 0.506 e. The zero-order chi connectivity index (χ0) is 12.8. The number of phenols is 1. The Morgan fingerprint density at radius 1 is 1.18 bits per heavy atom. The molecule has 1 aromatic rings. The maximum Gasteiger partial charge on any atom is 0.143 e. The highest BCUT2D eigenvalue weighted by atomic mass is 79.9. The van der Waals surface area contributed by atoms with Crippen LogP contribution in [0.3, 0.4) is 0 Å². The average Bonchev–Trinajstić information content (AvgIpc) is 2.31. The van der Waals surface area contributed by atoms with E-state index in [1.165, 1.54) is 12.8 Å². The molecule has 2 nitrogen and oxygen atoms in total. The first kappa shape index (κ1) is 15.0. The number of halogens is 2. The number of hydrogen-bond acceptors (Lipinski definition) is 2. The van der Waals surface area contributed by atoms with E-state index in [1.807, 2.05) is 12.1 Å². The van der Waals surface area contributed by atoms with Crippen molar-refractivity contribution in [1.29, 1.82) is 0 Å². The molecule has 96 valence electrons. The number of rotatable bonds is 6. The minimum Gasteiger partial charge on any atom is -0.506 e. The van der Waals surface area contributed by atoms with Crippen LogP contribution in [0.25, 0.3) is 0 Å². The van der Waals surface area contributed by atoms with Crippen LogP contribution in [0, 0.1) is 5.92 Å². The van der Waals surface area contributed by atoms with Crippen molar-refractivity contribution in [1.82, 2.24) is 5.32 Å². The molecule has 0 fully saturated rings. The molecule has 4 heteroatoms. The number of nitrogens with one attached hydrogen (secondary N) is 1. The Morgan fingerprint density at radius 2 is 1.71 bits per heavy atom. The summed E-state index contributed by atoms with van der Waals surface area (Å²) in [5, 5.41) is 13.1. The van der Waals surface area contributed by atoms with Gasteiger partial charge in [0.05, 0.1) is 8.95 Å². The third-order valence-corrected chi connectivity index (χ3v) is 4.20. The predicted octanol–water partition coefficient (Wildman–Crippen LogP) is 4.44. The van der Waals surface area contributed by atoms with Crippen LogP contribution in [0.5, 0.6) is 5.75 Å². The van der Waals surface area contributed by atoms with E-state index in [4.69, 9.17) is 0 Å². The molecule has 1 aromatic carbocycles. The molecule has 0 aliphatic heterocycles. The standard InChI is InChI=1S/C13H19Br2NO/c1-3-9(4-2)7-16-8-10-5-11(14)13(17)12(15)6-10/h5-6,9,16-17H,3-4,7-8H2,1-2H3. The minimum absolute atomic E-state index is 0.258. The van der Waals surface area contributed by atoms with Crippen molar-refractivity contribution in [2.24, 2.45) is 5.92 Å². The fourth-order valence-electron chi connectivity index (χ4n) is 1.72. The van der Waals surface area contributed by atoms with Gasteiger partial charge in [-0.05, 0) is 62.0 Å². The summed E-state index contributed by atoms with van der Waals surface area (Å²) in [6.45, 7) is 6.32. The highest BCUT2D eigenvalue weighted by molar-refractivity contribution is 9.11. The lowest BCUT2D eigenvalue weighted by molar-refractivity contribution is 0.448. The van der Waals surface area contributed by atoms with E-state index in [0.717, 1.165) is 33.5 Å². The van der Waals surface area contributed by atoms with E-state index in [0.29, 0.717) is 0 Å². The summed E-state index contributed by atoms with van der Waals surface area (Å²) in [7, 11) is 0. The van der Waals surface area contributed by atoms with E-state index >= 15 is 0 Å². The summed E-state index contributed by atoms with van der Waals surface area (Å²) >= 11 is 6.67. The van der Waals surface area contributed by atoms with Gasteiger partial charge in [0.25, 0.3) is 0 Å². The molecule has 17 heavy (non-hydrogen) atoms. The maximum atomic E-state index is 9.61. The molecule has 0 radical (unpaired) electrons. The average molecular weight is 365 g/mol. The Bertz CT molecular complexity index is 341. The molecule has 0 heterocycles. The van der Waals surface area contributed by atoms with Crippen molar-refractivity contribution in [3.05, 3.63) is 26.6 Å². The highest BCUT2D eigenvalue weighted by Gasteiger charge is 2.07. The van der Waals surface area contributed by atoms with Gasteiger partial charge in [0.15, 0.2) is 0 Å². The monoisotopic (exact) mass is 363 g/mol. The van der Waals surface area contributed by atoms with Crippen molar-refractivity contribution in [2.75, 3.05) is 6.54 Å². The fraction of sp³-hybridized carbons (Fsp3) is 0.538. The summed E-state index contributed by atoms with van der Waals surface area (Å²) in [5.74, 6) is 1.01. The summed E-state index contributed by atoms with van der Waals surface area (Å²) < 4.78 is 1.46. The zero-order valence-corrected chi connectivity index (χ0v) is 13.4. The van der Waals surface area contributed by atoms with Crippen LogP contribution < -0.4 is 5.32 Å². The molecule has 1 rings (SSSR count). The van der Waals surface area contributed by atoms with Gasteiger partial charge >= 0.3 is 0 Å². The molecule has 0 aliphatic rings. The summed E-state index contributed by atoms with van der Waals surface area (Å²) in [5.41, 5.74) is 1.16. The van der Waals surface area contributed by atoms with Gasteiger partial charge < -0.3 is 10.4 Å². The number of hydrogen-bond donors (Lipinski definition) is 2. The summed E-state index contributed by atoms with van der Waals surface area (Å²) in [4.78, 5) is 0. The van der Waals surface area contributed by atoms with Gasteiger partial charge in [-0.15, -0.1) is 0 Å². The minimum atomic E-state index is 0.258. The van der Waals surface area contributed by atoms with Crippen LogP contribution in [-0.2, 0) is 6.54 Å². The van der Waals surface area contributed by atoms with Crippen molar-refractivity contribution < 1.29 is 5.11 Å². The number of aromatic hydroxyl groups is 1. The Kier molecular flexibility index (Phi) is 6.52. The topological polar surface area (TPSA) is 32.3 Å².